The number of aromatic amines is 1. The number of fused-ring (bicyclic) bond motifs is 1. The molecule has 0 spiro atoms. The first kappa shape index (κ1) is 22.1. The van der Waals surface area contributed by atoms with Gasteiger partial charge in [-0.05, 0) is 59.3 Å². The van der Waals surface area contributed by atoms with E-state index >= 15 is 0 Å². The smallest absolute Gasteiger partial charge is 0.338 e. The molecule has 10 heteroatoms. The Hall–Kier alpha value is -3.08. The van der Waals surface area contributed by atoms with Gasteiger partial charge in [-0.3, -0.25) is 0 Å². The fraction of sp³-hybridized carbons (Fsp3) is 0.0455. The molecule has 3 N–H and O–H groups in total. The van der Waals surface area contributed by atoms with Gasteiger partial charge in [0.25, 0.3) is 0 Å². The summed E-state index contributed by atoms with van der Waals surface area (Å²) in [6.07, 6.45) is 3.45. The molecule has 0 unspecified atom stereocenters. The van der Waals surface area contributed by atoms with Crippen molar-refractivity contribution in [3.63, 3.8) is 0 Å². The van der Waals surface area contributed by atoms with E-state index in [2.05, 4.69) is 9.97 Å². The van der Waals surface area contributed by atoms with E-state index in [-0.39, 0.29) is 21.6 Å². The van der Waals surface area contributed by atoms with Gasteiger partial charge in [0, 0.05) is 10.5 Å². The van der Waals surface area contributed by atoms with Gasteiger partial charge in [0.15, 0.2) is 0 Å². The molecule has 0 aliphatic heterocycles. The van der Waals surface area contributed by atoms with E-state index in [4.69, 9.17) is 5.14 Å². The van der Waals surface area contributed by atoms with E-state index < -0.39 is 15.5 Å². The third kappa shape index (κ3) is 5.21. The van der Waals surface area contributed by atoms with Crippen LogP contribution in [-0.4, -0.2) is 23.9 Å². The van der Waals surface area contributed by atoms with Crippen LogP contribution in [-0.2, 0) is 10.0 Å². The van der Waals surface area contributed by atoms with Crippen LogP contribution in [0.25, 0.3) is 34.3 Å². The first-order chi connectivity index (χ1) is 15.1. The first-order valence-corrected chi connectivity index (χ1v) is 11.6. The summed E-state index contributed by atoms with van der Waals surface area (Å²) in [7, 11) is -3.89. The van der Waals surface area contributed by atoms with Crippen molar-refractivity contribution in [2.75, 3.05) is 0 Å². The fourth-order valence-corrected chi connectivity index (χ4v) is 4.48. The largest absolute Gasteiger partial charge is 0.446 e. The van der Waals surface area contributed by atoms with E-state index in [1.54, 1.807) is 60.7 Å². The van der Waals surface area contributed by atoms with Crippen LogP contribution in [0, 0.1) is 0 Å². The highest BCUT2D eigenvalue weighted by Crippen LogP contribution is 2.36. The number of benzene rings is 3. The van der Waals surface area contributed by atoms with Crippen molar-refractivity contribution in [2.24, 2.45) is 5.14 Å². The summed E-state index contributed by atoms with van der Waals surface area (Å²) in [6.45, 7) is 0. The summed E-state index contributed by atoms with van der Waals surface area (Å²) >= 11 is -0.159. The SMILES string of the molecule is NS(=O)(=O)c1ccccc1-c1ccc2[nH]c(C=Cc3ccc(SC(F)(F)F)cc3)nc2c1. The van der Waals surface area contributed by atoms with Crippen LogP contribution in [0.3, 0.4) is 0 Å². The number of primary sulfonamides is 1. The Balaban J connectivity index is 1.59. The van der Waals surface area contributed by atoms with E-state index in [1.165, 1.54) is 18.2 Å². The summed E-state index contributed by atoms with van der Waals surface area (Å²) in [6, 6.07) is 17.8. The van der Waals surface area contributed by atoms with Gasteiger partial charge in [-0.15, -0.1) is 0 Å². The number of alkyl halides is 3. The molecule has 0 saturated carbocycles. The Bertz CT molecular complexity index is 1410. The minimum atomic E-state index is -4.32. The van der Waals surface area contributed by atoms with Crippen LogP contribution in [0.5, 0.6) is 0 Å². The third-order valence-electron chi connectivity index (χ3n) is 4.55. The molecule has 5 nitrogen and oxygen atoms in total. The molecule has 3 aromatic carbocycles. The molecule has 0 fully saturated rings. The third-order valence-corrected chi connectivity index (χ3v) is 6.26. The van der Waals surface area contributed by atoms with Crippen molar-refractivity contribution in [1.82, 2.24) is 9.97 Å². The molecule has 32 heavy (non-hydrogen) atoms. The van der Waals surface area contributed by atoms with Crippen LogP contribution in [0.1, 0.15) is 11.4 Å². The Labute approximate surface area is 186 Å². The van der Waals surface area contributed by atoms with Crippen LogP contribution in [0.4, 0.5) is 13.2 Å². The van der Waals surface area contributed by atoms with Crippen molar-refractivity contribution in [3.8, 4) is 11.1 Å². The standard InChI is InChI=1S/C22H16F3N3O2S2/c23-22(24,25)31-16-9-5-14(6-10-16)7-12-21-27-18-11-8-15(13-19(18)28-21)17-3-1-2-4-20(17)32(26,29)30/h1-13H,(H,27,28)(H2,26,29,30). The first-order valence-electron chi connectivity index (χ1n) is 9.24. The van der Waals surface area contributed by atoms with Gasteiger partial charge in [0.1, 0.15) is 5.82 Å². The average molecular weight is 476 g/mol. The number of imidazole rings is 1. The molecule has 0 bridgehead atoms. The van der Waals surface area contributed by atoms with Crippen LogP contribution >= 0.6 is 11.8 Å². The number of thioether (sulfide) groups is 1. The second kappa shape index (κ2) is 8.45. The van der Waals surface area contributed by atoms with Crippen molar-refractivity contribution >= 4 is 45.0 Å². The lowest BCUT2D eigenvalue weighted by Gasteiger charge is -2.07. The highest BCUT2D eigenvalue weighted by Gasteiger charge is 2.28. The molecular formula is C22H16F3N3O2S2. The molecule has 164 valence electrons. The lowest BCUT2D eigenvalue weighted by atomic mass is 10.1. The minimum absolute atomic E-state index is 0.0298. The molecule has 4 rings (SSSR count). The predicted molar refractivity (Wildman–Crippen MR) is 120 cm³/mol. The van der Waals surface area contributed by atoms with E-state index in [1.807, 2.05) is 0 Å². The zero-order chi connectivity index (χ0) is 22.9. The lowest BCUT2D eigenvalue weighted by molar-refractivity contribution is -0.0328. The number of rotatable bonds is 5. The number of nitrogens with one attached hydrogen (secondary N) is 1. The summed E-state index contributed by atoms with van der Waals surface area (Å²) in [4.78, 5) is 7.78. The number of nitrogens with zero attached hydrogens (tertiary/aromatic N) is 1. The highest BCUT2D eigenvalue weighted by atomic mass is 32.2. The Morgan fingerprint density at radius 3 is 2.38 bits per heavy atom. The molecule has 0 saturated heterocycles. The Morgan fingerprint density at radius 2 is 1.69 bits per heavy atom. The Kier molecular flexibility index (Phi) is 5.85. The number of H-pyrrole nitrogens is 1. The fourth-order valence-electron chi connectivity index (χ4n) is 3.18. The van der Waals surface area contributed by atoms with Gasteiger partial charge in [-0.1, -0.05) is 42.5 Å². The van der Waals surface area contributed by atoms with Gasteiger partial charge < -0.3 is 4.98 Å². The van der Waals surface area contributed by atoms with Gasteiger partial charge in [-0.2, -0.15) is 13.2 Å². The summed E-state index contributed by atoms with van der Waals surface area (Å²) in [5.41, 5.74) is -1.09. The molecule has 0 amide bonds. The zero-order valence-corrected chi connectivity index (χ0v) is 17.9. The van der Waals surface area contributed by atoms with Crippen molar-refractivity contribution < 1.29 is 21.6 Å². The van der Waals surface area contributed by atoms with Crippen molar-refractivity contribution in [3.05, 3.63) is 78.1 Å². The number of halogens is 3. The van der Waals surface area contributed by atoms with Gasteiger partial charge in [0.05, 0.1) is 15.9 Å². The molecular weight excluding hydrogens is 459 g/mol. The summed E-state index contributed by atoms with van der Waals surface area (Å²) < 4.78 is 61.1. The van der Waals surface area contributed by atoms with Gasteiger partial charge in [0.2, 0.25) is 10.0 Å². The molecule has 0 radical (unpaired) electrons. The maximum atomic E-state index is 12.4. The monoisotopic (exact) mass is 475 g/mol. The molecule has 0 atom stereocenters. The molecule has 0 aliphatic carbocycles. The zero-order valence-electron chi connectivity index (χ0n) is 16.3. The second-order valence-electron chi connectivity index (χ2n) is 6.85. The summed E-state index contributed by atoms with van der Waals surface area (Å²) in [5.74, 6) is 0.547. The number of nitrogens with two attached hydrogens (primary N) is 1. The van der Waals surface area contributed by atoms with Gasteiger partial charge in [-0.25, -0.2) is 18.5 Å². The molecule has 1 aromatic heterocycles. The number of hydrogen-bond acceptors (Lipinski definition) is 4. The minimum Gasteiger partial charge on any atom is -0.338 e. The number of hydrogen-bond donors (Lipinski definition) is 2. The highest BCUT2D eigenvalue weighted by molar-refractivity contribution is 8.00. The maximum Gasteiger partial charge on any atom is 0.446 e. The van der Waals surface area contributed by atoms with E-state index in [0.29, 0.717) is 22.5 Å². The second-order valence-corrected chi connectivity index (χ2v) is 9.51. The predicted octanol–water partition coefficient (Wildman–Crippen LogP) is 5.66. The van der Waals surface area contributed by atoms with Crippen molar-refractivity contribution in [2.45, 2.75) is 15.3 Å². The maximum absolute atomic E-state index is 12.4. The molecule has 4 aromatic rings. The van der Waals surface area contributed by atoms with E-state index in [9.17, 15) is 21.6 Å². The number of sulfonamides is 1. The molecule has 1 heterocycles. The van der Waals surface area contributed by atoms with Crippen LogP contribution < -0.4 is 5.14 Å². The summed E-state index contributed by atoms with van der Waals surface area (Å²) in [5, 5.41) is 5.33. The van der Waals surface area contributed by atoms with E-state index in [0.717, 1.165) is 11.1 Å². The topological polar surface area (TPSA) is 88.8 Å². The van der Waals surface area contributed by atoms with Crippen LogP contribution in [0.2, 0.25) is 0 Å². The van der Waals surface area contributed by atoms with Crippen molar-refractivity contribution in [1.29, 1.82) is 0 Å². The lowest BCUT2D eigenvalue weighted by Crippen LogP contribution is -2.13. The average Bonchev–Trinajstić information content (AvgIpc) is 3.14. The van der Waals surface area contributed by atoms with Gasteiger partial charge >= 0.3 is 5.51 Å². The number of aromatic nitrogens is 2. The Morgan fingerprint density at radius 1 is 0.969 bits per heavy atom. The normalized spacial score (nSPS) is 12.6. The quantitative estimate of drug-likeness (QED) is 0.365. The molecule has 0 aliphatic rings. The van der Waals surface area contributed by atoms with Crippen LogP contribution in [0.15, 0.2) is 76.5 Å².